The lowest BCUT2D eigenvalue weighted by atomic mass is 9.75. The van der Waals surface area contributed by atoms with Crippen molar-refractivity contribution in [1.82, 2.24) is 0 Å². The van der Waals surface area contributed by atoms with Gasteiger partial charge in [-0.1, -0.05) is 77.5 Å². The Hall–Kier alpha value is -2.32. The molecule has 44 heavy (non-hydrogen) atoms. The Bertz CT molecular complexity index is 1250. The first-order valence-corrected chi connectivity index (χ1v) is 16.2. The van der Waals surface area contributed by atoms with Gasteiger partial charge in [-0.25, -0.2) is 0 Å². The van der Waals surface area contributed by atoms with Gasteiger partial charge in [0.1, 0.15) is 0 Å². The summed E-state index contributed by atoms with van der Waals surface area (Å²) in [6, 6.07) is 0. The van der Waals surface area contributed by atoms with Crippen LogP contribution in [0.2, 0.25) is 0 Å². The highest BCUT2D eigenvalue weighted by molar-refractivity contribution is 5.41. The Morgan fingerprint density at radius 3 is 1.66 bits per heavy atom. The molecule has 3 aliphatic carbocycles. The van der Waals surface area contributed by atoms with Gasteiger partial charge in [-0.2, -0.15) is 0 Å². The van der Waals surface area contributed by atoms with Gasteiger partial charge in [0.2, 0.25) is 0 Å². The SMILES string of the molecule is C=C1/C(=C\C=C(C)C)[C@@H]2CO[C@H]2C[C@@H]1O.C=C1[C@H](O)C/C(=C\C=C(C)C)[C@@H]2CO[C@@H]12.CC(C)=C/C=C1\C[C@@H](O)C[C@@H]2OC[C@@H]12. The van der Waals surface area contributed by atoms with Crippen molar-refractivity contribution in [2.45, 2.75) is 104 Å². The minimum atomic E-state index is -0.427. The summed E-state index contributed by atoms with van der Waals surface area (Å²) in [4.78, 5) is 0. The third kappa shape index (κ3) is 8.48. The number of allylic oxidation sites excluding steroid dienone is 9. The highest BCUT2D eigenvalue weighted by atomic mass is 16.5. The topological polar surface area (TPSA) is 88.4 Å². The normalized spacial score (nSPS) is 37.7. The van der Waals surface area contributed by atoms with Crippen LogP contribution >= 0.6 is 0 Å². The predicted molar refractivity (Wildman–Crippen MR) is 177 cm³/mol. The average molecular weight is 607 g/mol. The quantitative estimate of drug-likeness (QED) is 0.319. The molecule has 0 unspecified atom stereocenters. The van der Waals surface area contributed by atoms with E-state index < -0.39 is 12.2 Å². The molecule has 9 atom stereocenters. The molecule has 6 heteroatoms. The molecule has 242 valence electrons. The number of rotatable bonds is 3. The molecular formula is C38H54O6. The third-order valence-corrected chi connectivity index (χ3v) is 9.33. The van der Waals surface area contributed by atoms with Gasteiger partial charge in [-0.15, -0.1) is 0 Å². The number of ether oxygens (including phenoxy) is 3. The van der Waals surface area contributed by atoms with Gasteiger partial charge >= 0.3 is 0 Å². The van der Waals surface area contributed by atoms with E-state index in [9.17, 15) is 15.3 Å². The summed E-state index contributed by atoms with van der Waals surface area (Å²) in [6.45, 7) is 22.7. The summed E-state index contributed by atoms with van der Waals surface area (Å²) in [6.07, 6.45) is 15.3. The number of hydrogen-bond acceptors (Lipinski definition) is 6. The molecule has 6 fully saturated rings. The lowest BCUT2D eigenvalue weighted by molar-refractivity contribution is -0.131. The first-order valence-electron chi connectivity index (χ1n) is 16.2. The maximum Gasteiger partial charge on any atom is 0.0895 e. The molecule has 6 nitrogen and oxygen atoms in total. The van der Waals surface area contributed by atoms with E-state index in [0.717, 1.165) is 43.8 Å². The maximum absolute atomic E-state index is 9.79. The lowest BCUT2D eigenvalue weighted by Crippen LogP contribution is -2.48. The van der Waals surface area contributed by atoms with E-state index in [1.54, 1.807) is 0 Å². The van der Waals surface area contributed by atoms with E-state index >= 15 is 0 Å². The summed E-state index contributed by atoms with van der Waals surface area (Å²) < 4.78 is 16.3. The zero-order chi connectivity index (χ0) is 32.1. The molecule has 6 aliphatic rings. The van der Waals surface area contributed by atoms with Crippen molar-refractivity contribution in [3.05, 3.63) is 94.2 Å². The molecule has 3 heterocycles. The van der Waals surface area contributed by atoms with Crippen LogP contribution in [-0.4, -0.2) is 71.8 Å². The molecule has 0 aromatic heterocycles. The molecule has 0 spiro atoms. The fourth-order valence-electron chi connectivity index (χ4n) is 6.39. The van der Waals surface area contributed by atoms with Crippen molar-refractivity contribution in [2.24, 2.45) is 17.8 Å². The maximum atomic E-state index is 9.79. The van der Waals surface area contributed by atoms with E-state index in [4.69, 9.17) is 14.2 Å². The molecule has 3 N–H and O–H groups in total. The van der Waals surface area contributed by atoms with Crippen molar-refractivity contribution < 1.29 is 29.5 Å². The van der Waals surface area contributed by atoms with Crippen molar-refractivity contribution in [3.63, 3.8) is 0 Å². The van der Waals surface area contributed by atoms with Crippen molar-refractivity contribution in [1.29, 1.82) is 0 Å². The Morgan fingerprint density at radius 1 is 0.636 bits per heavy atom. The van der Waals surface area contributed by atoms with Crippen molar-refractivity contribution >= 4 is 0 Å². The van der Waals surface area contributed by atoms with Crippen LogP contribution in [0.5, 0.6) is 0 Å². The summed E-state index contributed by atoms with van der Waals surface area (Å²) in [5.74, 6) is 1.49. The lowest BCUT2D eigenvalue weighted by Gasteiger charge is -2.45. The molecule has 6 rings (SSSR count). The van der Waals surface area contributed by atoms with Gasteiger partial charge in [0.15, 0.2) is 0 Å². The monoisotopic (exact) mass is 606 g/mol. The fourth-order valence-corrected chi connectivity index (χ4v) is 6.39. The Balaban J connectivity index is 0.000000151. The summed E-state index contributed by atoms with van der Waals surface area (Å²) in [7, 11) is 0. The first kappa shape index (κ1) is 34.6. The Morgan fingerprint density at radius 2 is 1.16 bits per heavy atom. The minimum Gasteiger partial charge on any atom is -0.393 e. The van der Waals surface area contributed by atoms with Gasteiger partial charge in [0.25, 0.3) is 0 Å². The highest BCUT2D eigenvalue weighted by Crippen LogP contribution is 2.42. The van der Waals surface area contributed by atoms with Gasteiger partial charge in [-0.05, 0) is 71.1 Å². The second kappa shape index (κ2) is 15.3. The van der Waals surface area contributed by atoms with Crippen LogP contribution in [0.15, 0.2) is 94.2 Å². The van der Waals surface area contributed by atoms with E-state index in [-0.39, 0.29) is 24.4 Å². The first-order chi connectivity index (χ1) is 20.8. The molecule has 0 amide bonds. The predicted octanol–water partition coefficient (Wildman–Crippen LogP) is 6.48. The molecule has 3 saturated carbocycles. The van der Waals surface area contributed by atoms with E-state index in [1.165, 1.54) is 33.4 Å². The standard InChI is InChI=1S/2C13H18O2.C12H18O2/c1-8(2)4-5-10-9(3)12(14)6-13-11(10)7-15-13;1-8(2)4-5-10-6-12(14)9(3)13-11(10)7-15-13;1-8(2)3-4-9-5-10(13)6-12-11(9)7-14-12/h2*4-5,11-14H,3,6-7H2,1-2H3;3-4,10-13H,5-7H2,1-2H3/b2*10-5+;9-4+/t11-,12-,13-;11-,12+,13-;10-,11+,12+/m001/s1. The van der Waals surface area contributed by atoms with Gasteiger partial charge in [-0.3, -0.25) is 0 Å². The smallest absolute Gasteiger partial charge is 0.0895 e. The molecule has 3 aliphatic heterocycles. The van der Waals surface area contributed by atoms with Crippen molar-refractivity contribution in [2.75, 3.05) is 19.8 Å². The summed E-state index contributed by atoms with van der Waals surface area (Å²) in [5.41, 5.74) is 9.39. The number of aliphatic hydroxyl groups is 3. The Labute approximate surface area is 264 Å². The molecule has 0 bridgehead atoms. The van der Waals surface area contributed by atoms with Gasteiger partial charge < -0.3 is 29.5 Å². The van der Waals surface area contributed by atoms with Gasteiger partial charge in [0.05, 0.1) is 56.4 Å². The van der Waals surface area contributed by atoms with Gasteiger partial charge in [0, 0.05) is 30.6 Å². The van der Waals surface area contributed by atoms with E-state index in [2.05, 4.69) is 91.2 Å². The van der Waals surface area contributed by atoms with Crippen LogP contribution in [0, 0.1) is 17.8 Å². The zero-order valence-electron chi connectivity index (χ0n) is 27.6. The number of aliphatic hydroxyl groups excluding tert-OH is 3. The molecule has 0 aromatic rings. The minimum absolute atomic E-state index is 0.0607. The Kier molecular flexibility index (Phi) is 12.0. The molecule has 3 saturated heterocycles. The molecule has 0 aromatic carbocycles. The van der Waals surface area contributed by atoms with Crippen LogP contribution < -0.4 is 0 Å². The van der Waals surface area contributed by atoms with Crippen LogP contribution in [0.25, 0.3) is 0 Å². The summed E-state index contributed by atoms with van der Waals surface area (Å²) in [5, 5.41) is 29.2. The van der Waals surface area contributed by atoms with E-state index in [1.807, 2.05) is 0 Å². The second-order valence-electron chi connectivity index (χ2n) is 13.8. The molecule has 0 radical (unpaired) electrons. The third-order valence-electron chi connectivity index (χ3n) is 9.33. The van der Waals surface area contributed by atoms with Crippen LogP contribution in [0.1, 0.15) is 67.2 Å². The zero-order valence-corrected chi connectivity index (χ0v) is 27.6. The van der Waals surface area contributed by atoms with Crippen LogP contribution in [0.4, 0.5) is 0 Å². The average Bonchev–Trinajstić information content (AvgIpc) is 2.90. The van der Waals surface area contributed by atoms with Crippen LogP contribution in [0.3, 0.4) is 0 Å². The largest absolute Gasteiger partial charge is 0.393 e. The summed E-state index contributed by atoms with van der Waals surface area (Å²) >= 11 is 0. The number of fused-ring (bicyclic) bond motifs is 3. The number of hydrogen-bond donors (Lipinski definition) is 3. The fraction of sp³-hybridized carbons (Fsp3) is 0.579. The molecular weight excluding hydrogens is 552 g/mol. The highest BCUT2D eigenvalue weighted by Gasteiger charge is 2.44. The van der Waals surface area contributed by atoms with Crippen LogP contribution in [-0.2, 0) is 14.2 Å². The van der Waals surface area contributed by atoms with Crippen molar-refractivity contribution in [3.8, 4) is 0 Å². The second-order valence-corrected chi connectivity index (χ2v) is 13.8. The van der Waals surface area contributed by atoms with E-state index in [0.29, 0.717) is 30.6 Å².